The summed E-state index contributed by atoms with van der Waals surface area (Å²) < 4.78 is 0. The Kier molecular flexibility index (Phi) is 3.03. The second kappa shape index (κ2) is 4.05. The molecule has 2 rings (SSSR count). The van der Waals surface area contributed by atoms with E-state index in [-0.39, 0.29) is 0 Å². The van der Waals surface area contributed by atoms with E-state index in [1.807, 2.05) is 0 Å². The monoisotopic (exact) mass is 218 g/mol. The van der Waals surface area contributed by atoms with Crippen LogP contribution in [0.1, 0.15) is 53.9 Å². The van der Waals surface area contributed by atoms with Crippen LogP contribution in [0.4, 0.5) is 0 Å². The maximum atomic E-state index is 2.57. The van der Waals surface area contributed by atoms with Crippen LogP contribution in [-0.4, -0.2) is 0 Å². The van der Waals surface area contributed by atoms with E-state index in [1.54, 1.807) is 11.1 Å². The van der Waals surface area contributed by atoms with Crippen LogP contribution in [0.25, 0.3) is 0 Å². The van der Waals surface area contributed by atoms with Gasteiger partial charge in [-0.3, -0.25) is 0 Å². The minimum atomic E-state index is 0.561. The van der Waals surface area contributed by atoms with Crippen LogP contribution >= 0.6 is 0 Å². The van der Waals surface area contributed by atoms with Gasteiger partial charge in [-0.15, -0.1) is 0 Å². The second-order valence-electron chi connectivity index (χ2n) is 6.59. The first kappa shape index (κ1) is 12.0. The standard InChI is InChI=1S/C16H26/c1-11-6-8-12(2)13(3)10-15-14(9-7-11)16(15,4)5/h6,10,12,14-15H,7-9H2,1-5H3/b11-6?,13-10+/t12?,14-,15+/m0/s1. The summed E-state index contributed by atoms with van der Waals surface area (Å²) in [5, 5.41) is 0. The lowest BCUT2D eigenvalue weighted by Gasteiger charge is -2.12. The summed E-state index contributed by atoms with van der Waals surface area (Å²) in [6.45, 7) is 11.9. The molecule has 0 aromatic rings. The molecule has 0 spiro atoms. The van der Waals surface area contributed by atoms with Gasteiger partial charge in [0.05, 0.1) is 0 Å². The molecule has 0 nitrogen and oxygen atoms in total. The summed E-state index contributed by atoms with van der Waals surface area (Å²) in [4.78, 5) is 0. The first-order chi connectivity index (χ1) is 7.43. The van der Waals surface area contributed by atoms with Crippen LogP contribution in [0.3, 0.4) is 0 Å². The molecule has 90 valence electrons. The lowest BCUT2D eigenvalue weighted by Crippen LogP contribution is -1.98. The smallest absolute Gasteiger partial charge is 0.0143 e. The lowest BCUT2D eigenvalue weighted by molar-refractivity contribution is 0.528. The first-order valence-electron chi connectivity index (χ1n) is 6.77. The first-order valence-corrected chi connectivity index (χ1v) is 6.77. The van der Waals surface area contributed by atoms with E-state index in [2.05, 4.69) is 46.8 Å². The molecule has 2 aliphatic carbocycles. The molecule has 1 saturated carbocycles. The van der Waals surface area contributed by atoms with Crippen molar-refractivity contribution in [2.24, 2.45) is 23.2 Å². The van der Waals surface area contributed by atoms with Crippen LogP contribution < -0.4 is 0 Å². The summed E-state index contributed by atoms with van der Waals surface area (Å²) in [5.74, 6) is 2.50. The van der Waals surface area contributed by atoms with Gasteiger partial charge >= 0.3 is 0 Å². The van der Waals surface area contributed by atoms with Gasteiger partial charge in [-0.25, -0.2) is 0 Å². The van der Waals surface area contributed by atoms with Gasteiger partial charge in [0.15, 0.2) is 0 Å². The molecule has 0 heteroatoms. The van der Waals surface area contributed by atoms with Crippen LogP contribution in [0.5, 0.6) is 0 Å². The Morgan fingerprint density at radius 2 is 1.94 bits per heavy atom. The molecular formula is C16H26. The summed E-state index contributed by atoms with van der Waals surface area (Å²) in [6, 6.07) is 0. The third-order valence-corrected chi connectivity index (χ3v) is 5.03. The maximum absolute atomic E-state index is 2.57. The number of hydrogen-bond acceptors (Lipinski definition) is 0. The summed E-state index contributed by atoms with van der Waals surface area (Å²) in [7, 11) is 0. The summed E-state index contributed by atoms with van der Waals surface area (Å²) in [5.41, 5.74) is 3.76. The van der Waals surface area contributed by atoms with E-state index in [9.17, 15) is 0 Å². The third kappa shape index (κ3) is 2.12. The molecule has 0 aromatic carbocycles. The highest BCUT2D eigenvalue weighted by molar-refractivity contribution is 5.21. The van der Waals surface area contributed by atoms with Gasteiger partial charge in [-0.05, 0) is 56.3 Å². The fourth-order valence-electron chi connectivity index (χ4n) is 3.17. The SMILES string of the molecule is CC1=CCC(C)/C(C)=C/[C@@H]2[C@H](CC1)C2(C)C. The van der Waals surface area contributed by atoms with Crippen LogP contribution in [0.15, 0.2) is 23.3 Å². The Balaban J connectivity index is 2.20. The Hall–Kier alpha value is -0.520. The van der Waals surface area contributed by atoms with Gasteiger partial charge in [0.25, 0.3) is 0 Å². The van der Waals surface area contributed by atoms with Gasteiger partial charge < -0.3 is 0 Å². The molecule has 0 aliphatic heterocycles. The highest BCUT2D eigenvalue weighted by atomic mass is 14.6. The fourth-order valence-corrected chi connectivity index (χ4v) is 3.17. The van der Waals surface area contributed by atoms with Gasteiger partial charge in [-0.1, -0.05) is 44.1 Å². The molecule has 0 saturated heterocycles. The zero-order chi connectivity index (χ0) is 11.9. The average molecular weight is 218 g/mol. The lowest BCUT2D eigenvalue weighted by atomic mass is 9.94. The predicted octanol–water partition coefficient (Wildman–Crippen LogP) is 4.97. The zero-order valence-corrected chi connectivity index (χ0v) is 11.5. The highest BCUT2D eigenvalue weighted by Gasteiger charge is 2.55. The van der Waals surface area contributed by atoms with Crippen molar-refractivity contribution in [3.63, 3.8) is 0 Å². The van der Waals surface area contributed by atoms with E-state index in [4.69, 9.17) is 0 Å². The molecule has 0 heterocycles. The van der Waals surface area contributed by atoms with Crippen molar-refractivity contribution in [2.75, 3.05) is 0 Å². The van der Waals surface area contributed by atoms with E-state index in [1.165, 1.54) is 19.3 Å². The topological polar surface area (TPSA) is 0 Å². The molecule has 0 aromatic heterocycles. The van der Waals surface area contributed by atoms with Crippen LogP contribution in [-0.2, 0) is 0 Å². The Morgan fingerprint density at radius 3 is 2.62 bits per heavy atom. The molecule has 0 radical (unpaired) electrons. The fraction of sp³-hybridized carbons (Fsp3) is 0.750. The van der Waals surface area contributed by atoms with Gasteiger partial charge in [-0.2, -0.15) is 0 Å². The van der Waals surface area contributed by atoms with Gasteiger partial charge in [0.1, 0.15) is 0 Å². The molecule has 16 heavy (non-hydrogen) atoms. The van der Waals surface area contributed by atoms with E-state index in [0.29, 0.717) is 5.41 Å². The quantitative estimate of drug-likeness (QED) is 0.503. The minimum absolute atomic E-state index is 0.561. The van der Waals surface area contributed by atoms with Crippen molar-refractivity contribution in [2.45, 2.75) is 53.9 Å². The van der Waals surface area contributed by atoms with Crippen molar-refractivity contribution in [3.8, 4) is 0 Å². The third-order valence-electron chi connectivity index (χ3n) is 5.03. The van der Waals surface area contributed by atoms with Gasteiger partial charge in [0.2, 0.25) is 0 Å². The average Bonchev–Trinajstić information content (AvgIpc) is 2.72. The molecular weight excluding hydrogens is 192 g/mol. The van der Waals surface area contributed by atoms with Crippen molar-refractivity contribution in [1.29, 1.82) is 0 Å². The number of allylic oxidation sites excluding steroid dienone is 4. The summed E-state index contributed by atoms with van der Waals surface area (Å²) in [6.07, 6.45) is 8.95. The largest absolute Gasteiger partial charge is 0.0850 e. The molecule has 1 fully saturated rings. The van der Waals surface area contributed by atoms with Crippen molar-refractivity contribution >= 4 is 0 Å². The zero-order valence-electron chi connectivity index (χ0n) is 11.5. The van der Waals surface area contributed by atoms with E-state index >= 15 is 0 Å². The molecule has 2 aliphatic rings. The number of hydrogen-bond donors (Lipinski definition) is 0. The Morgan fingerprint density at radius 1 is 1.25 bits per heavy atom. The molecule has 1 unspecified atom stereocenters. The summed E-state index contributed by atoms with van der Waals surface area (Å²) >= 11 is 0. The van der Waals surface area contributed by atoms with E-state index in [0.717, 1.165) is 17.8 Å². The number of fused-ring (bicyclic) bond motifs is 1. The maximum Gasteiger partial charge on any atom is -0.0143 e. The minimum Gasteiger partial charge on any atom is -0.0850 e. The molecule has 0 bridgehead atoms. The number of rotatable bonds is 0. The molecule has 0 N–H and O–H groups in total. The van der Waals surface area contributed by atoms with Gasteiger partial charge in [0, 0.05) is 0 Å². The molecule has 0 amide bonds. The predicted molar refractivity (Wildman–Crippen MR) is 71.3 cm³/mol. The Bertz CT molecular complexity index is 330. The van der Waals surface area contributed by atoms with Crippen molar-refractivity contribution in [3.05, 3.63) is 23.3 Å². The Labute approximate surface area is 101 Å². The molecule has 3 atom stereocenters. The van der Waals surface area contributed by atoms with Crippen molar-refractivity contribution in [1.82, 2.24) is 0 Å². The van der Waals surface area contributed by atoms with Crippen LogP contribution in [0, 0.1) is 23.2 Å². The highest BCUT2D eigenvalue weighted by Crippen LogP contribution is 2.61. The van der Waals surface area contributed by atoms with E-state index < -0.39 is 0 Å². The second-order valence-corrected chi connectivity index (χ2v) is 6.59. The normalized spacial score (nSPS) is 41.4. The van der Waals surface area contributed by atoms with Crippen LogP contribution in [0.2, 0.25) is 0 Å². The van der Waals surface area contributed by atoms with Crippen molar-refractivity contribution < 1.29 is 0 Å².